The fraction of sp³-hybridized carbons (Fsp3) is 0.769. The van der Waals surface area contributed by atoms with Crippen molar-refractivity contribution in [3.8, 4) is 0 Å². The standard InChI is InChI=1S/C13H18F3N3S/c14-13(15,16)9-2-1-5-19(7-9)12-18-11(8-20-12)6-17-10-3-4-10/h8-10,17H,1-7H2. The minimum Gasteiger partial charge on any atom is -0.347 e. The fourth-order valence-corrected chi connectivity index (χ4v) is 3.34. The quantitative estimate of drug-likeness (QED) is 0.926. The van der Waals surface area contributed by atoms with Crippen molar-refractivity contribution < 1.29 is 13.2 Å². The number of aromatic nitrogens is 1. The SMILES string of the molecule is FC(F)(F)C1CCCN(c2nc(CNC3CC3)cs2)C1. The largest absolute Gasteiger partial charge is 0.393 e. The summed E-state index contributed by atoms with van der Waals surface area (Å²) in [6, 6.07) is 0.616. The zero-order valence-corrected chi connectivity index (χ0v) is 11.9. The molecule has 1 unspecified atom stereocenters. The lowest BCUT2D eigenvalue weighted by Gasteiger charge is -2.33. The van der Waals surface area contributed by atoms with E-state index < -0.39 is 12.1 Å². The van der Waals surface area contributed by atoms with Gasteiger partial charge in [-0.2, -0.15) is 13.2 Å². The van der Waals surface area contributed by atoms with E-state index in [1.54, 1.807) is 4.90 Å². The van der Waals surface area contributed by atoms with Crippen molar-refractivity contribution in [3.63, 3.8) is 0 Å². The number of alkyl halides is 3. The lowest BCUT2D eigenvalue weighted by atomic mass is 9.98. The molecular formula is C13H18F3N3S. The number of piperidine rings is 1. The maximum Gasteiger partial charge on any atom is 0.393 e. The molecule has 1 aromatic heterocycles. The van der Waals surface area contributed by atoms with Gasteiger partial charge in [-0.05, 0) is 25.7 Å². The molecule has 3 nitrogen and oxygen atoms in total. The van der Waals surface area contributed by atoms with E-state index >= 15 is 0 Å². The van der Waals surface area contributed by atoms with Crippen molar-refractivity contribution in [2.45, 2.75) is 44.4 Å². The van der Waals surface area contributed by atoms with Crippen molar-refractivity contribution >= 4 is 16.5 Å². The van der Waals surface area contributed by atoms with Crippen molar-refractivity contribution in [1.29, 1.82) is 0 Å². The summed E-state index contributed by atoms with van der Waals surface area (Å²) in [5.74, 6) is -1.21. The Bertz CT molecular complexity index is 456. The van der Waals surface area contributed by atoms with Crippen LogP contribution in [-0.2, 0) is 6.54 Å². The number of nitrogens with one attached hydrogen (secondary N) is 1. The van der Waals surface area contributed by atoms with E-state index in [2.05, 4.69) is 10.3 Å². The molecule has 0 amide bonds. The molecule has 0 aromatic carbocycles. The topological polar surface area (TPSA) is 28.2 Å². The molecule has 112 valence electrons. The van der Waals surface area contributed by atoms with E-state index in [0.29, 0.717) is 19.0 Å². The van der Waals surface area contributed by atoms with Crippen LogP contribution in [0.1, 0.15) is 31.4 Å². The Morgan fingerprint density at radius 3 is 2.85 bits per heavy atom. The summed E-state index contributed by atoms with van der Waals surface area (Å²) in [6.45, 7) is 1.44. The van der Waals surface area contributed by atoms with Gasteiger partial charge in [0.2, 0.25) is 0 Å². The molecule has 0 bridgehead atoms. The van der Waals surface area contributed by atoms with Crippen molar-refractivity contribution in [3.05, 3.63) is 11.1 Å². The first-order valence-electron chi connectivity index (χ1n) is 7.02. The molecule has 7 heteroatoms. The predicted molar refractivity (Wildman–Crippen MR) is 73.0 cm³/mol. The highest BCUT2D eigenvalue weighted by Gasteiger charge is 2.42. The molecule has 0 spiro atoms. The van der Waals surface area contributed by atoms with E-state index in [9.17, 15) is 13.2 Å². The number of thiazole rings is 1. The zero-order valence-electron chi connectivity index (χ0n) is 11.1. The van der Waals surface area contributed by atoms with Gasteiger partial charge in [0.1, 0.15) is 0 Å². The number of anilines is 1. The van der Waals surface area contributed by atoms with Gasteiger partial charge in [0, 0.05) is 31.1 Å². The van der Waals surface area contributed by atoms with Gasteiger partial charge in [-0.15, -0.1) is 11.3 Å². The second kappa shape index (κ2) is 5.52. The predicted octanol–water partition coefficient (Wildman–Crippen LogP) is 3.17. The second-order valence-corrected chi connectivity index (χ2v) is 6.44. The maximum atomic E-state index is 12.8. The molecule has 2 fully saturated rings. The molecule has 1 saturated carbocycles. The van der Waals surface area contributed by atoms with Gasteiger partial charge >= 0.3 is 6.18 Å². The summed E-state index contributed by atoms with van der Waals surface area (Å²) in [5.41, 5.74) is 0.936. The molecular weight excluding hydrogens is 287 g/mol. The lowest BCUT2D eigenvalue weighted by molar-refractivity contribution is -0.175. The Morgan fingerprint density at radius 2 is 2.15 bits per heavy atom. The minimum atomic E-state index is -4.09. The number of rotatable bonds is 4. The minimum absolute atomic E-state index is 0.0481. The van der Waals surface area contributed by atoms with E-state index in [-0.39, 0.29) is 13.0 Å². The van der Waals surface area contributed by atoms with Gasteiger partial charge in [-0.1, -0.05) is 0 Å². The third-order valence-electron chi connectivity index (χ3n) is 3.84. The first-order chi connectivity index (χ1) is 9.52. The molecule has 20 heavy (non-hydrogen) atoms. The van der Waals surface area contributed by atoms with E-state index in [4.69, 9.17) is 0 Å². The Balaban J connectivity index is 1.59. The first-order valence-corrected chi connectivity index (χ1v) is 7.90. The van der Waals surface area contributed by atoms with Crippen LogP contribution < -0.4 is 10.2 Å². The monoisotopic (exact) mass is 305 g/mol. The van der Waals surface area contributed by atoms with Crippen LogP contribution in [0.2, 0.25) is 0 Å². The molecule has 2 aliphatic rings. The van der Waals surface area contributed by atoms with Crippen molar-refractivity contribution in [2.24, 2.45) is 5.92 Å². The van der Waals surface area contributed by atoms with Crippen LogP contribution in [0.4, 0.5) is 18.3 Å². The number of nitrogens with zero attached hydrogens (tertiary/aromatic N) is 2. The highest BCUT2D eigenvalue weighted by atomic mass is 32.1. The lowest BCUT2D eigenvalue weighted by Crippen LogP contribution is -2.41. The van der Waals surface area contributed by atoms with Crippen LogP contribution in [0.5, 0.6) is 0 Å². The molecule has 1 aliphatic carbocycles. The fourth-order valence-electron chi connectivity index (χ4n) is 2.48. The van der Waals surface area contributed by atoms with Crippen LogP contribution in [0.15, 0.2) is 5.38 Å². The molecule has 1 aromatic rings. The zero-order chi connectivity index (χ0) is 14.2. The van der Waals surface area contributed by atoms with Gasteiger partial charge in [0.15, 0.2) is 5.13 Å². The summed E-state index contributed by atoms with van der Waals surface area (Å²) in [7, 11) is 0. The van der Waals surface area contributed by atoms with Gasteiger partial charge in [-0.3, -0.25) is 0 Å². The first kappa shape index (κ1) is 14.1. The average molecular weight is 305 g/mol. The Labute approximate surface area is 120 Å². The highest BCUT2D eigenvalue weighted by molar-refractivity contribution is 7.13. The Morgan fingerprint density at radius 1 is 1.35 bits per heavy atom. The molecule has 1 saturated heterocycles. The molecule has 1 atom stereocenters. The van der Waals surface area contributed by atoms with Gasteiger partial charge in [-0.25, -0.2) is 4.98 Å². The second-order valence-electron chi connectivity index (χ2n) is 5.60. The summed E-state index contributed by atoms with van der Waals surface area (Å²) < 4.78 is 38.4. The van der Waals surface area contributed by atoms with Crippen LogP contribution in [0.3, 0.4) is 0 Å². The number of hydrogen-bond donors (Lipinski definition) is 1. The highest BCUT2D eigenvalue weighted by Crippen LogP contribution is 2.35. The van der Waals surface area contributed by atoms with Gasteiger partial charge in [0.05, 0.1) is 11.6 Å². The van der Waals surface area contributed by atoms with Gasteiger partial charge < -0.3 is 10.2 Å². The Kier molecular flexibility index (Phi) is 3.90. The normalized spacial score (nSPS) is 24.1. The Hall–Kier alpha value is -0.820. The van der Waals surface area contributed by atoms with E-state index in [1.807, 2.05) is 5.38 Å². The van der Waals surface area contributed by atoms with Crippen LogP contribution in [0, 0.1) is 5.92 Å². The molecule has 2 heterocycles. The third-order valence-corrected chi connectivity index (χ3v) is 4.79. The van der Waals surface area contributed by atoms with Gasteiger partial charge in [0.25, 0.3) is 0 Å². The van der Waals surface area contributed by atoms with Crippen molar-refractivity contribution in [2.75, 3.05) is 18.0 Å². The van der Waals surface area contributed by atoms with E-state index in [0.717, 1.165) is 17.4 Å². The van der Waals surface area contributed by atoms with Crippen LogP contribution in [-0.4, -0.2) is 30.3 Å². The van der Waals surface area contributed by atoms with E-state index in [1.165, 1.54) is 24.2 Å². The molecule has 0 radical (unpaired) electrons. The summed E-state index contributed by atoms with van der Waals surface area (Å²) in [4.78, 5) is 6.25. The average Bonchev–Trinajstić information content (AvgIpc) is 3.12. The van der Waals surface area contributed by atoms with Crippen LogP contribution >= 0.6 is 11.3 Å². The molecule has 1 aliphatic heterocycles. The molecule has 3 rings (SSSR count). The summed E-state index contributed by atoms with van der Waals surface area (Å²) in [5, 5.41) is 6.04. The smallest absolute Gasteiger partial charge is 0.347 e. The van der Waals surface area contributed by atoms with Crippen molar-refractivity contribution in [1.82, 2.24) is 10.3 Å². The summed E-state index contributed by atoms with van der Waals surface area (Å²) in [6.07, 6.45) is -0.833. The molecule has 1 N–H and O–H groups in total. The maximum absolute atomic E-state index is 12.8. The third kappa shape index (κ3) is 3.44. The summed E-state index contributed by atoms with van der Waals surface area (Å²) >= 11 is 1.45. The number of hydrogen-bond acceptors (Lipinski definition) is 4. The van der Waals surface area contributed by atoms with Crippen LogP contribution in [0.25, 0.3) is 0 Å². The number of halogens is 3.